The lowest BCUT2D eigenvalue weighted by molar-refractivity contribution is -0.120. The van der Waals surface area contributed by atoms with Crippen molar-refractivity contribution in [1.29, 1.82) is 0 Å². The monoisotopic (exact) mass is 412 g/mol. The maximum atomic E-state index is 12.3. The molecule has 1 N–H and O–H groups in total. The van der Waals surface area contributed by atoms with Gasteiger partial charge in [0.05, 0.1) is 28.4 Å². The standard InChI is InChI=1S/C21H21ClN4OS/c1-15-19(20(22)25-26(15)18-11-7-4-8-12-18)13-23-24-21(27)16(2)28-14-17-9-5-3-6-10-17/h3-13,16H,14H2,1-2H3,(H,24,27)/b23-13-/t16-/m0/s1. The minimum Gasteiger partial charge on any atom is -0.272 e. The van der Waals surface area contributed by atoms with Crippen LogP contribution in [0.5, 0.6) is 0 Å². The van der Waals surface area contributed by atoms with Crippen LogP contribution in [0.1, 0.15) is 23.7 Å². The van der Waals surface area contributed by atoms with Gasteiger partial charge in [0.2, 0.25) is 0 Å². The normalized spacial score (nSPS) is 12.2. The van der Waals surface area contributed by atoms with E-state index in [1.54, 1.807) is 16.4 Å². The first-order valence-electron chi connectivity index (χ1n) is 8.85. The van der Waals surface area contributed by atoms with Gasteiger partial charge in [-0.05, 0) is 31.5 Å². The molecule has 1 amide bonds. The average Bonchev–Trinajstić information content (AvgIpc) is 3.01. The zero-order chi connectivity index (χ0) is 19.9. The maximum Gasteiger partial charge on any atom is 0.252 e. The van der Waals surface area contributed by atoms with Crippen LogP contribution in [0.3, 0.4) is 0 Å². The molecule has 7 heteroatoms. The molecule has 0 unspecified atom stereocenters. The van der Waals surface area contributed by atoms with Crippen LogP contribution in [0.4, 0.5) is 0 Å². The Balaban J connectivity index is 1.60. The van der Waals surface area contributed by atoms with Gasteiger partial charge in [-0.25, -0.2) is 10.1 Å². The van der Waals surface area contributed by atoms with Crippen LogP contribution in [-0.4, -0.2) is 27.2 Å². The summed E-state index contributed by atoms with van der Waals surface area (Å²) in [4.78, 5) is 12.3. The van der Waals surface area contributed by atoms with Gasteiger partial charge in [0.25, 0.3) is 5.91 Å². The fourth-order valence-corrected chi connectivity index (χ4v) is 3.67. The SMILES string of the molecule is Cc1c(/C=N\NC(=O)[C@H](C)SCc2ccccc2)c(Cl)nn1-c1ccccc1. The van der Waals surface area contributed by atoms with Gasteiger partial charge in [0.15, 0.2) is 5.15 Å². The summed E-state index contributed by atoms with van der Waals surface area (Å²) in [6.07, 6.45) is 1.54. The van der Waals surface area contributed by atoms with Crippen LogP contribution in [0.2, 0.25) is 5.15 Å². The average molecular weight is 413 g/mol. The second-order valence-electron chi connectivity index (χ2n) is 6.21. The summed E-state index contributed by atoms with van der Waals surface area (Å²) in [5.41, 5.74) is 6.21. The van der Waals surface area contributed by atoms with Crippen molar-refractivity contribution in [2.75, 3.05) is 0 Å². The number of halogens is 1. The third kappa shape index (κ3) is 5.03. The largest absolute Gasteiger partial charge is 0.272 e. The van der Waals surface area contributed by atoms with Crippen molar-refractivity contribution in [3.63, 3.8) is 0 Å². The fourth-order valence-electron chi connectivity index (χ4n) is 2.57. The van der Waals surface area contributed by atoms with Gasteiger partial charge < -0.3 is 0 Å². The Morgan fingerprint density at radius 1 is 1.21 bits per heavy atom. The number of hydrogen-bond donors (Lipinski definition) is 1. The van der Waals surface area contributed by atoms with E-state index in [1.165, 1.54) is 11.8 Å². The third-order valence-corrected chi connectivity index (χ3v) is 5.69. The number of carbonyl (C=O) groups excluding carboxylic acids is 1. The van der Waals surface area contributed by atoms with Gasteiger partial charge in [-0.15, -0.1) is 11.8 Å². The van der Waals surface area contributed by atoms with Crippen LogP contribution in [0, 0.1) is 6.92 Å². The van der Waals surface area contributed by atoms with Gasteiger partial charge in [0.1, 0.15) is 0 Å². The van der Waals surface area contributed by atoms with Crippen molar-refractivity contribution in [3.8, 4) is 5.69 Å². The second-order valence-corrected chi connectivity index (χ2v) is 7.90. The number of thioether (sulfide) groups is 1. The molecule has 0 aliphatic rings. The maximum absolute atomic E-state index is 12.3. The molecule has 3 aromatic rings. The molecule has 0 radical (unpaired) electrons. The van der Waals surface area contributed by atoms with E-state index in [0.717, 1.165) is 17.1 Å². The second kappa shape index (κ2) is 9.57. The number of carbonyl (C=O) groups is 1. The van der Waals surface area contributed by atoms with E-state index in [2.05, 4.69) is 15.6 Å². The smallest absolute Gasteiger partial charge is 0.252 e. The third-order valence-electron chi connectivity index (χ3n) is 4.20. The van der Waals surface area contributed by atoms with Gasteiger partial charge in [-0.2, -0.15) is 10.2 Å². The molecule has 3 rings (SSSR count). The number of nitrogens with one attached hydrogen (secondary N) is 1. The number of benzene rings is 2. The lowest BCUT2D eigenvalue weighted by atomic mass is 10.2. The first-order valence-corrected chi connectivity index (χ1v) is 10.3. The van der Waals surface area contributed by atoms with E-state index in [1.807, 2.05) is 74.5 Å². The van der Waals surface area contributed by atoms with Gasteiger partial charge in [-0.3, -0.25) is 4.79 Å². The van der Waals surface area contributed by atoms with Crippen molar-refractivity contribution in [2.45, 2.75) is 24.9 Å². The Bertz CT molecular complexity index is 957. The number of hydrazone groups is 1. The molecule has 1 aromatic heterocycles. The topological polar surface area (TPSA) is 59.3 Å². The number of rotatable bonds is 7. The molecule has 0 fully saturated rings. The van der Waals surface area contributed by atoms with E-state index < -0.39 is 0 Å². The minimum atomic E-state index is -0.221. The molecule has 1 atom stereocenters. The summed E-state index contributed by atoms with van der Waals surface area (Å²) < 4.78 is 1.75. The van der Waals surface area contributed by atoms with Crippen molar-refractivity contribution >= 4 is 35.5 Å². The first-order chi connectivity index (χ1) is 13.6. The van der Waals surface area contributed by atoms with Gasteiger partial charge >= 0.3 is 0 Å². The van der Waals surface area contributed by atoms with Crippen molar-refractivity contribution in [2.24, 2.45) is 5.10 Å². The Kier molecular flexibility index (Phi) is 6.90. The highest BCUT2D eigenvalue weighted by Gasteiger charge is 2.14. The quantitative estimate of drug-likeness (QED) is 0.455. The molecule has 1 heterocycles. The molecular weight excluding hydrogens is 392 g/mol. The Hall–Kier alpha value is -2.57. The van der Waals surface area contributed by atoms with E-state index >= 15 is 0 Å². The number of nitrogens with zero attached hydrogens (tertiary/aromatic N) is 3. The summed E-state index contributed by atoms with van der Waals surface area (Å²) >= 11 is 7.82. The summed E-state index contributed by atoms with van der Waals surface area (Å²) in [7, 11) is 0. The minimum absolute atomic E-state index is 0.151. The Morgan fingerprint density at radius 2 is 1.86 bits per heavy atom. The lowest BCUT2D eigenvalue weighted by Gasteiger charge is -2.09. The van der Waals surface area contributed by atoms with Crippen LogP contribution in [0.25, 0.3) is 5.69 Å². The van der Waals surface area contributed by atoms with Crippen LogP contribution >= 0.6 is 23.4 Å². The lowest BCUT2D eigenvalue weighted by Crippen LogP contribution is -2.27. The number of amides is 1. The summed E-state index contributed by atoms with van der Waals surface area (Å²) in [6, 6.07) is 19.8. The van der Waals surface area contributed by atoms with Gasteiger partial charge in [-0.1, -0.05) is 60.1 Å². The highest BCUT2D eigenvalue weighted by Crippen LogP contribution is 2.21. The fraction of sp³-hybridized carbons (Fsp3) is 0.190. The van der Waals surface area contributed by atoms with E-state index in [4.69, 9.17) is 11.6 Å². The number of hydrogen-bond acceptors (Lipinski definition) is 4. The molecule has 5 nitrogen and oxygen atoms in total. The number of aromatic nitrogens is 2. The molecule has 0 saturated heterocycles. The molecular formula is C21H21ClN4OS. The van der Waals surface area contributed by atoms with Crippen LogP contribution in [-0.2, 0) is 10.5 Å². The zero-order valence-electron chi connectivity index (χ0n) is 15.7. The zero-order valence-corrected chi connectivity index (χ0v) is 17.2. The highest BCUT2D eigenvalue weighted by molar-refractivity contribution is 7.99. The molecule has 28 heavy (non-hydrogen) atoms. The van der Waals surface area contributed by atoms with Crippen LogP contribution in [0.15, 0.2) is 65.8 Å². The molecule has 0 spiro atoms. The molecule has 2 aromatic carbocycles. The molecule has 0 bridgehead atoms. The molecule has 0 saturated carbocycles. The Labute approximate surface area is 173 Å². The van der Waals surface area contributed by atoms with Crippen molar-refractivity contribution in [1.82, 2.24) is 15.2 Å². The molecule has 144 valence electrons. The van der Waals surface area contributed by atoms with E-state index in [9.17, 15) is 4.79 Å². The summed E-state index contributed by atoms with van der Waals surface area (Å²) in [6.45, 7) is 3.78. The van der Waals surface area contributed by atoms with Crippen LogP contribution < -0.4 is 5.43 Å². The summed E-state index contributed by atoms with van der Waals surface area (Å²) in [5, 5.41) is 8.54. The van der Waals surface area contributed by atoms with E-state index in [-0.39, 0.29) is 11.2 Å². The predicted octanol–water partition coefficient (Wildman–Crippen LogP) is 4.61. The predicted molar refractivity (Wildman–Crippen MR) is 116 cm³/mol. The van der Waals surface area contributed by atoms with Crippen molar-refractivity contribution < 1.29 is 4.79 Å². The number of para-hydroxylation sites is 1. The Morgan fingerprint density at radius 3 is 2.54 bits per heavy atom. The van der Waals surface area contributed by atoms with Crippen molar-refractivity contribution in [3.05, 3.63) is 82.6 Å². The van der Waals surface area contributed by atoms with Gasteiger partial charge in [0, 0.05) is 5.75 Å². The molecule has 0 aliphatic carbocycles. The summed E-state index contributed by atoms with van der Waals surface area (Å²) in [5.74, 6) is 0.620. The highest BCUT2D eigenvalue weighted by atomic mass is 35.5. The first kappa shape index (κ1) is 20.2. The molecule has 0 aliphatic heterocycles. The van der Waals surface area contributed by atoms with E-state index in [0.29, 0.717) is 10.7 Å².